The van der Waals surface area contributed by atoms with Crippen molar-refractivity contribution in [2.75, 3.05) is 0 Å². The fraction of sp³-hybridized carbons (Fsp3) is 0.350. The summed E-state index contributed by atoms with van der Waals surface area (Å²) in [5.41, 5.74) is 0.0831. The van der Waals surface area contributed by atoms with Gasteiger partial charge in [-0.15, -0.1) is 0 Å². The number of amides is 1. The van der Waals surface area contributed by atoms with Gasteiger partial charge in [-0.25, -0.2) is 0 Å². The van der Waals surface area contributed by atoms with Gasteiger partial charge in [0.05, 0.1) is 17.0 Å². The summed E-state index contributed by atoms with van der Waals surface area (Å²) in [6.07, 6.45) is -3.15. The molecule has 1 aliphatic rings. The first-order valence-electron chi connectivity index (χ1n) is 8.40. The van der Waals surface area contributed by atoms with Crippen LogP contribution in [0.25, 0.3) is 0 Å². The Morgan fingerprint density at radius 2 is 1.77 bits per heavy atom. The summed E-state index contributed by atoms with van der Waals surface area (Å²) in [6.45, 7) is 3.21. The van der Waals surface area contributed by atoms with Gasteiger partial charge >= 0.3 is 6.18 Å². The lowest BCUT2D eigenvalue weighted by atomic mass is 9.82. The van der Waals surface area contributed by atoms with Crippen LogP contribution in [-0.2, 0) is 22.8 Å². The Kier molecular flexibility index (Phi) is 4.46. The smallest absolute Gasteiger partial charge is 0.416 e. The number of carbonyl (C=O) groups is 1. The number of halogens is 3. The van der Waals surface area contributed by atoms with Gasteiger partial charge in [0.15, 0.2) is 0 Å². The molecule has 26 heavy (non-hydrogen) atoms. The van der Waals surface area contributed by atoms with Crippen LogP contribution in [-0.4, -0.2) is 11.0 Å². The van der Waals surface area contributed by atoms with E-state index in [-0.39, 0.29) is 17.7 Å². The lowest BCUT2D eigenvalue weighted by Crippen LogP contribution is -2.41. The molecule has 0 bridgehead atoms. The number of aromatic hydroxyl groups is 1. The van der Waals surface area contributed by atoms with Gasteiger partial charge in [-0.05, 0) is 55.5 Å². The van der Waals surface area contributed by atoms with Crippen molar-refractivity contribution >= 4 is 5.91 Å². The summed E-state index contributed by atoms with van der Waals surface area (Å²) < 4.78 is 38.9. The Bertz CT molecular complexity index is 843. The van der Waals surface area contributed by atoms with Crippen LogP contribution in [0.2, 0.25) is 0 Å². The monoisotopic (exact) mass is 363 g/mol. The fourth-order valence-electron chi connectivity index (χ4n) is 3.34. The van der Waals surface area contributed by atoms with E-state index in [4.69, 9.17) is 0 Å². The van der Waals surface area contributed by atoms with Crippen molar-refractivity contribution in [3.05, 3.63) is 64.7 Å². The first kappa shape index (κ1) is 18.3. The minimum atomic E-state index is -4.45. The van der Waals surface area contributed by atoms with Gasteiger partial charge in [0.1, 0.15) is 5.75 Å². The van der Waals surface area contributed by atoms with E-state index in [9.17, 15) is 23.1 Å². The van der Waals surface area contributed by atoms with E-state index in [0.29, 0.717) is 18.4 Å². The van der Waals surface area contributed by atoms with E-state index < -0.39 is 17.2 Å². The number of alkyl halides is 3. The largest absolute Gasteiger partial charge is 0.508 e. The number of hydrogen-bond donors (Lipinski definition) is 2. The number of carbonyl (C=O) groups excluding carboxylic acids is 1. The highest BCUT2D eigenvalue weighted by atomic mass is 19.4. The summed E-state index contributed by atoms with van der Waals surface area (Å²) >= 11 is 0. The van der Waals surface area contributed by atoms with Crippen LogP contribution in [0, 0.1) is 0 Å². The maximum absolute atomic E-state index is 13.0. The molecular formula is C20H20F3NO2. The molecule has 0 fully saturated rings. The molecule has 138 valence electrons. The first-order valence-corrected chi connectivity index (χ1v) is 8.40. The zero-order valence-corrected chi connectivity index (χ0v) is 14.5. The third-order valence-corrected chi connectivity index (χ3v) is 5.03. The van der Waals surface area contributed by atoms with Crippen molar-refractivity contribution in [2.24, 2.45) is 0 Å². The van der Waals surface area contributed by atoms with Crippen molar-refractivity contribution in [1.29, 1.82) is 0 Å². The molecular weight excluding hydrogens is 343 g/mol. The van der Waals surface area contributed by atoms with E-state index in [1.807, 2.05) is 6.07 Å². The lowest BCUT2D eigenvalue weighted by molar-refractivity contribution is -0.138. The molecule has 0 aromatic heterocycles. The minimum Gasteiger partial charge on any atom is -0.508 e. The topological polar surface area (TPSA) is 49.3 Å². The zero-order chi connectivity index (χ0) is 19.1. The maximum Gasteiger partial charge on any atom is 0.416 e. The Hall–Kier alpha value is -2.50. The van der Waals surface area contributed by atoms with Gasteiger partial charge in [-0.2, -0.15) is 13.2 Å². The molecule has 0 radical (unpaired) electrons. The van der Waals surface area contributed by atoms with E-state index in [2.05, 4.69) is 5.32 Å². The molecule has 0 spiro atoms. The van der Waals surface area contributed by atoms with Gasteiger partial charge in [0.25, 0.3) is 0 Å². The molecule has 1 aliphatic carbocycles. The minimum absolute atomic E-state index is 0.205. The molecule has 2 N–H and O–H groups in total. The zero-order valence-electron chi connectivity index (χ0n) is 14.5. The van der Waals surface area contributed by atoms with E-state index >= 15 is 0 Å². The number of rotatable bonds is 3. The van der Waals surface area contributed by atoms with Crippen LogP contribution < -0.4 is 5.32 Å². The molecule has 6 heteroatoms. The SMILES string of the molecule is CC(C)(C(=O)NC1CCc2c(O)cccc21)c1cccc(C(F)(F)F)c1. The van der Waals surface area contributed by atoms with Crippen molar-refractivity contribution in [3.8, 4) is 5.75 Å². The third-order valence-electron chi connectivity index (χ3n) is 5.03. The lowest BCUT2D eigenvalue weighted by Gasteiger charge is -2.27. The Morgan fingerprint density at radius 1 is 1.12 bits per heavy atom. The van der Waals surface area contributed by atoms with E-state index in [1.54, 1.807) is 26.0 Å². The Morgan fingerprint density at radius 3 is 2.46 bits per heavy atom. The molecule has 0 saturated heterocycles. The van der Waals surface area contributed by atoms with Gasteiger partial charge < -0.3 is 10.4 Å². The van der Waals surface area contributed by atoms with Crippen molar-refractivity contribution in [2.45, 2.75) is 44.3 Å². The first-order chi connectivity index (χ1) is 12.1. The average Bonchev–Trinajstić information content (AvgIpc) is 2.98. The van der Waals surface area contributed by atoms with Gasteiger partial charge in [0.2, 0.25) is 5.91 Å². The third kappa shape index (κ3) is 3.28. The summed E-state index contributed by atoms with van der Waals surface area (Å²) in [4.78, 5) is 12.8. The highest BCUT2D eigenvalue weighted by Crippen LogP contribution is 2.38. The molecule has 0 heterocycles. The quantitative estimate of drug-likeness (QED) is 0.844. The van der Waals surface area contributed by atoms with Gasteiger partial charge in [-0.1, -0.05) is 30.3 Å². The van der Waals surface area contributed by atoms with E-state index in [1.165, 1.54) is 12.1 Å². The molecule has 1 unspecified atom stereocenters. The Labute approximate surface area is 149 Å². The summed E-state index contributed by atoms with van der Waals surface area (Å²) in [5.74, 6) is -0.144. The molecule has 2 aromatic carbocycles. The number of phenols is 1. The number of fused-ring (bicyclic) bond motifs is 1. The average molecular weight is 363 g/mol. The van der Waals surface area contributed by atoms with Crippen LogP contribution in [0.5, 0.6) is 5.75 Å². The second-order valence-corrected chi connectivity index (χ2v) is 7.11. The molecule has 1 amide bonds. The molecule has 1 atom stereocenters. The van der Waals surface area contributed by atoms with Crippen LogP contribution in [0.15, 0.2) is 42.5 Å². The standard InChI is InChI=1S/C20H20F3NO2/c1-19(2,12-5-3-6-13(11-12)20(21,22)23)18(26)24-16-10-9-15-14(16)7-4-8-17(15)25/h3-8,11,16,25H,9-10H2,1-2H3,(H,24,26). The number of nitrogens with one attached hydrogen (secondary N) is 1. The fourth-order valence-corrected chi connectivity index (χ4v) is 3.34. The van der Waals surface area contributed by atoms with Crippen LogP contribution in [0.4, 0.5) is 13.2 Å². The summed E-state index contributed by atoms with van der Waals surface area (Å²) in [5, 5.41) is 12.8. The van der Waals surface area contributed by atoms with Crippen molar-refractivity contribution in [1.82, 2.24) is 5.32 Å². The summed E-state index contributed by atoms with van der Waals surface area (Å²) in [6, 6.07) is 9.78. The predicted octanol–water partition coefficient (Wildman–Crippen LogP) is 4.49. The molecule has 3 rings (SSSR count). The molecule has 0 aliphatic heterocycles. The highest BCUT2D eigenvalue weighted by molar-refractivity contribution is 5.87. The van der Waals surface area contributed by atoms with Crippen molar-refractivity contribution in [3.63, 3.8) is 0 Å². The van der Waals surface area contributed by atoms with Crippen molar-refractivity contribution < 1.29 is 23.1 Å². The second kappa shape index (κ2) is 6.34. The maximum atomic E-state index is 13.0. The number of phenolic OH excluding ortho intramolecular Hbond substituents is 1. The molecule has 0 saturated carbocycles. The predicted molar refractivity (Wildman–Crippen MR) is 91.8 cm³/mol. The normalized spacial score (nSPS) is 17.0. The highest BCUT2D eigenvalue weighted by Gasteiger charge is 2.36. The Balaban J connectivity index is 1.83. The van der Waals surface area contributed by atoms with E-state index in [0.717, 1.165) is 23.3 Å². The van der Waals surface area contributed by atoms with Crippen LogP contribution in [0.1, 0.15) is 48.6 Å². The number of benzene rings is 2. The molecule has 3 nitrogen and oxygen atoms in total. The number of hydrogen-bond acceptors (Lipinski definition) is 2. The van der Waals surface area contributed by atoms with Crippen LogP contribution in [0.3, 0.4) is 0 Å². The second-order valence-electron chi connectivity index (χ2n) is 7.11. The van der Waals surface area contributed by atoms with Crippen LogP contribution >= 0.6 is 0 Å². The molecule has 2 aromatic rings. The van der Waals surface area contributed by atoms with Gasteiger partial charge in [-0.3, -0.25) is 4.79 Å². The summed E-state index contributed by atoms with van der Waals surface area (Å²) in [7, 11) is 0. The van der Waals surface area contributed by atoms with Gasteiger partial charge in [0, 0.05) is 0 Å².